The van der Waals surface area contributed by atoms with Crippen molar-refractivity contribution >= 4 is 16.6 Å². The summed E-state index contributed by atoms with van der Waals surface area (Å²) in [6.07, 6.45) is 0. The second kappa shape index (κ2) is 5.62. The van der Waals surface area contributed by atoms with Crippen molar-refractivity contribution in [3.05, 3.63) is 23.8 Å². The zero-order valence-corrected chi connectivity index (χ0v) is 11.1. The smallest absolute Gasteiger partial charge is 1.00 e. The quantitative estimate of drug-likeness (QED) is 0.371. The summed E-state index contributed by atoms with van der Waals surface area (Å²) in [7, 11) is -4.21. The van der Waals surface area contributed by atoms with Gasteiger partial charge in [0.1, 0.15) is 5.75 Å². The molecule has 0 saturated carbocycles. The number of hydrogen-bond donors (Lipinski definition) is 1. The molecule has 0 radical (unpaired) electrons. The van der Waals surface area contributed by atoms with E-state index in [1.165, 1.54) is 25.1 Å². The van der Waals surface area contributed by atoms with Gasteiger partial charge in [-0.3, -0.25) is 9.35 Å². The molecule has 7 heteroatoms. The van der Waals surface area contributed by atoms with E-state index < -0.39 is 10.1 Å². The van der Waals surface area contributed by atoms with Crippen molar-refractivity contribution in [1.82, 2.24) is 0 Å². The molecule has 0 fully saturated rings. The fraction of sp³-hybridized carbons (Fsp3) is 0.125. The standard InChI is InChI=1S/C8H8O5S.Na.H/c1-6-4-7(13-5-9)2-3-8(6)14(10,11)12;;/h2-5H,1H3,(H,10,11,12);;/q;+1;-1. The van der Waals surface area contributed by atoms with Crippen LogP contribution >= 0.6 is 0 Å². The Morgan fingerprint density at radius 3 is 2.47 bits per heavy atom. The van der Waals surface area contributed by atoms with Crippen LogP contribution in [0, 0.1) is 6.92 Å². The van der Waals surface area contributed by atoms with Gasteiger partial charge in [-0.1, -0.05) is 0 Å². The van der Waals surface area contributed by atoms with Crippen LogP contribution in [-0.4, -0.2) is 19.4 Å². The average Bonchev–Trinajstić information content (AvgIpc) is 2.02. The fourth-order valence-electron chi connectivity index (χ4n) is 1.04. The molecular formula is C8H9NaO5S. The predicted molar refractivity (Wildman–Crippen MR) is 48.8 cm³/mol. The molecule has 0 spiro atoms. The number of aryl methyl sites for hydroxylation is 1. The van der Waals surface area contributed by atoms with Gasteiger partial charge in [0.25, 0.3) is 16.6 Å². The van der Waals surface area contributed by atoms with Crippen LogP contribution in [0.4, 0.5) is 0 Å². The van der Waals surface area contributed by atoms with E-state index in [1.54, 1.807) is 0 Å². The first-order chi connectivity index (χ1) is 6.45. The predicted octanol–water partition coefficient (Wildman–Crippen LogP) is -2.11. The average molecular weight is 240 g/mol. The maximum absolute atomic E-state index is 10.8. The third-order valence-corrected chi connectivity index (χ3v) is 2.62. The molecule has 0 unspecified atom stereocenters. The molecule has 1 aromatic carbocycles. The van der Waals surface area contributed by atoms with Crippen molar-refractivity contribution in [3.8, 4) is 5.75 Å². The molecule has 1 N–H and O–H groups in total. The summed E-state index contributed by atoms with van der Waals surface area (Å²) in [5, 5.41) is 0. The van der Waals surface area contributed by atoms with Crippen molar-refractivity contribution in [3.63, 3.8) is 0 Å². The Hall–Kier alpha value is -0.400. The van der Waals surface area contributed by atoms with E-state index >= 15 is 0 Å². The van der Waals surface area contributed by atoms with Gasteiger partial charge in [-0.2, -0.15) is 8.42 Å². The summed E-state index contributed by atoms with van der Waals surface area (Å²) >= 11 is 0. The molecule has 5 nitrogen and oxygen atoms in total. The van der Waals surface area contributed by atoms with Gasteiger partial charge in [-0.15, -0.1) is 0 Å². The van der Waals surface area contributed by atoms with E-state index in [4.69, 9.17) is 4.55 Å². The van der Waals surface area contributed by atoms with E-state index in [-0.39, 0.29) is 48.1 Å². The normalized spacial score (nSPS) is 10.3. The van der Waals surface area contributed by atoms with E-state index in [0.717, 1.165) is 0 Å². The molecule has 0 aliphatic rings. The minimum absolute atomic E-state index is 0. The van der Waals surface area contributed by atoms with Gasteiger partial charge in [-0.25, -0.2) is 0 Å². The summed E-state index contributed by atoms with van der Waals surface area (Å²) in [4.78, 5) is 9.78. The number of carbonyl (C=O) groups is 1. The van der Waals surface area contributed by atoms with Crippen LogP contribution in [0.25, 0.3) is 0 Å². The summed E-state index contributed by atoms with van der Waals surface area (Å²) in [5.74, 6) is 0.227. The van der Waals surface area contributed by atoms with Crippen molar-refractivity contribution < 1.29 is 53.5 Å². The number of hydrogen-bond acceptors (Lipinski definition) is 4. The first-order valence-electron chi connectivity index (χ1n) is 3.63. The Kier molecular flexibility index (Phi) is 5.47. The van der Waals surface area contributed by atoms with Crippen molar-refractivity contribution in [2.75, 3.05) is 0 Å². The molecule has 1 aromatic rings. The topological polar surface area (TPSA) is 80.7 Å². The minimum atomic E-state index is -4.21. The van der Waals surface area contributed by atoms with Crippen LogP contribution in [-0.2, 0) is 14.9 Å². The monoisotopic (exact) mass is 240 g/mol. The van der Waals surface area contributed by atoms with Crippen LogP contribution < -0.4 is 34.3 Å². The SMILES string of the molecule is Cc1cc(OC=O)ccc1S(=O)(=O)O.[H-].[Na+]. The molecular weight excluding hydrogens is 231 g/mol. The largest absolute Gasteiger partial charge is 1.00 e. The number of benzene rings is 1. The molecule has 0 bridgehead atoms. The molecule has 0 aromatic heterocycles. The van der Waals surface area contributed by atoms with Gasteiger partial charge in [-0.05, 0) is 30.7 Å². The molecule has 0 aliphatic heterocycles. The van der Waals surface area contributed by atoms with Crippen LogP contribution in [0.15, 0.2) is 23.1 Å². The first kappa shape index (κ1) is 14.6. The maximum Gasteiger partial charge on any atom is 1.00 e. The van der Waals surface area contributed by atoms with Gasteiger partial charge in [0, 0.05) is 0 Å². The first-order valence-corrected chi connectivity index (χ1v) is 5.07. The van der Waals surface area contributed by atoms with Crippen LogP contribution in [0.3, 0.4) is 0 Å². The fourth-order valence-corrected chi connectivity index (χ4v) is 1.75. The van der Waals surface area contributed by atoms with Crippen molar-refractivity contribution in [2.45, 2.75) is 11.8 Å². The molecule has 0 saturated heterocycles. The van der Waals surface area contributed by atoms with Gasteiger partial charge in [0.2, 0.25) is 0 Å². The van der Waals surface area contributed by atoms with Crippen LogP contribution in [0.1, 0.15) is 6.99 Å². The number of rotatable bonds is 3. The Morgan fingerprint density at radius 1 is 1.47 bits per heavy atom. The third kappa shape index (κ3) is 3.92. The summed E-state index contributed by atoms with van der Waals surface area (Å²) in [6, 6.07) is 3.80. The van der Waals surface area contributed by atoms with Gasteiger partial charge in [0.05, 0.1) is 4.90 Å². The summed E-state index contributed by atoms with van der Waals surface area (Å²) < 4.78 is 34.8. The second-order valence-electron chi connectivity index (χ2n) is 2.62. The van der Waals surface area contributed by atoms with E-state index in [9.17, 15) is 13.2 Å². The zero-order valence-electron chi connectivity index (χ0n) is 9.30. The minimum Gasteiger partial charge on any atom is -1.00 e. The molecule has 15 heavy (non-hydrogen) atoms. The number of carbonyl (C=O) groups excluding carboxylic acids is 1. The third-order valence-electron chi connectivity index (χ3n) is 1.61. The molecule has 78 valence electrons. The van der Waals surface area contributed by atoms with Crippen molar-refractivity contribution in [2.24, 2.45) is 0 Å². The molecule has 0 atom stereocenters. The zero-order chi connectivity index (χ0) is 10.8. The van der Waals surface area contributed by atoms with E-state index in [0.29, 0.717) is 5.56 Å². The van der Waals surface area contributed by atoms with Gasteiger partial charge >= 0.3 is 29.6 Å². The maximum atomic E-state index is 10.8. The number of ether oxygens (including phenoxy) is 1. The Morgan fingerprint density at radius 2 is 2.07 bits per heavy atom. The summed E-state index contributed by atoms with van der Waals surface area (Å²) in [5.41, 5.74) is 0.312. The van der Waals surface area contributed by atoms with Gasteiger partial charge < -0.3 is 6.16 Å². The van der Waals surface area contributed by atoms with Crippen LogP contribution in [0.5, 0.6) is 5.75 Å². The van der Waals surface area contributed by atoms with E-state index in [1.807, 2.05) is 0 Å². The second-order valence-corrected chi connectivity index (χ2v) is 4.01. The van der Waals surface area contributed by atoms with Crippen molar-refractivity contribution in [1.29, 1.82) is 0 Å². The summed E-state index contributed by atoms with van der Waals surface area (Å²) in [6.45, 7) is 1.72. The Labute approximate surface area is 111 Å². The molecule has 1 rings (SSSR count). The van der Waals surface area contributed by atoms with E-state index in [2.05, 4.69) is 4.74 Å². The molecule has 0 amide bonds. The van der Waals surface area contributed by atoms with Crippen LogP contribution in [0.2, 0.25) is 0 Å². The van der Waals surface area contributed by atoms with Gasteiger partial charge in [0.15, 0.2) is 0 Å². The molecule has 0 heterocycles. The molecule has 0 aliphatic carbocycles. The Balaban J connectivity index is 0. The Bertz CT molecular complexity index is 459.